The summed E-state index contributed by atoms with van der Waals surface area (Å²) >= 11 is 0. The maximum atomic E-state index is 7.80. The minimum absolute atomic E-state index is 0.841. The van der Waals surface area contributed by atoms with Crippen molar-refractivity contribution in [3.8, 4) is 16.8 Å². The minimum Gasteiger partial charge on any atom is -0.404 e. The van der Waals surface area contributed by atoms with E-state index in [4.69, 9.17) is 11.1 Å². The molecule has 0 unspecified atom stereocenters. The van der Waals surface area contributed by atoms with Crippen LogP contribution in [-0.4, -0.2) is 10.8 Å². The van der Waals surface area contributed by atoms with Crippen LogP contribution in [0.1, 0.15) is 18.1 Å². The highest BCUT2D eigenvalue weighted by molar-refractivity contribution is 6.20. The molecule has 0 bridgehead atoms. The Hall–Kier alpha value is -6.45. The maximum absolute atomic E-state index is 7.80. The highest BCUT2D eigenvalue weighted by Gasteiger charge is 2.18. The van der Waals surface area contributed by atoms with Gasteiger partial charge in [0.2, 0.25) is 0 Å². The van der Waals surface area contributed by atoms with Crippen LogP contribution < -0.4 is 5.73 Å². The second-order valence-electron chi connectivity index (χ2n) is 12.4. The monoisotopic (exact) mass is 629 g/mol. The molecule has 0 aliphatic heterocycles. The summed E-state index contributed by atoms with van der Waals surface area (Å²) in [6, 6.07) is 46.2. The fraction of sp³-hybridized carbons (Fsp3) is 0.0217. The zero-order chi connectivity index (χ0) is 33.5. The summed E-state index contributed by atoms with van der Waals surface area (Å²) in [4.78, 5) is 0. The molecular formula is C46H35N3. The van der Waals surface area contributed by atoms with Crippen molar-refractivity contribution in [2.24, 2.45) is 5.73 Å². The molecular weight excluding hydrogens is 595 g/mol. The van der Waals surface area contributed by atoms with Gasteiger partial charge < -0.3 is 15.7 Å². The van der Waals surface area contributed by atoms with Crippen LogP contribution in [-0.2, 0) is 0 Å². The van der Waals surface area contributed by atoms with Gasteiger partial charge in [-0.1, -0.05) is 128 Å². The number of aromatic nitrogens is 1. The van der Waals surface area contributed by atoms with Crippen molar-refractivity contribution in [3.05, 3.63) is 176 Å². The Morgan fingerprint density at radius 1 is 0.633 bits per heavy atom. The number of nitrogens with one attached hydrogen (secondary N) is 1. The highest BCUT2D eigenvalue weighted by atomic mass is 15.0. The molecule has 0 amide bonds. The lowest BCUT2D eigenvalue weighted by Gasteiger charge is -2.14. The summed E-state index contributed by atoms with van der Waals surface area (Å²) in [6.45, 7) is 5.81. The number of rotatable bonds is 7. The largest absolute Gasteiger partial charge is 0.404 e. The Kier molecular flexibility index (Phi) is 7.51. The van der Waals surface area contributed by atoms with Crippen molar-refractivity contribution < 1.29 is 0 Å². The average Bonchev–Trinajstić information content (AvgIpc) is 3.49. The molecule has 0 atom stereocenters. The van der Waals surface area contributed by atoms with Crippen LogP contribution >= 0.6 is 0 Å². The standard InChI is InChI=1S/C46H35N3/c1-3-8-38(28-47)35-17-16-31-24-32(14-15-33(31)25-35)34-18-21-41-37(26-34)20-23-43-42-22-19-36(39(29-48)9-4-2)27-45(42)49(46(41)43)44-13-7-11-30-10-5-6-12-40(30)44/h3-29,47H,1,48H2,2H3/b9-4-,38-8+,39-29+,47-28?. The molecule has 0 saturated heterocycles. The zero-order valence-corrected chi connectivity index (χ0v) is 27.3. The second kappa shape index (κ2) is 12.3. The van der Waals surface area contributed by atoms with Crippen LogP contribution in [0.25, 0.3) is 82.1 Å². The molecule has 0 fully saturated rings. The van der Waals surface area contributed by atoms with Crippen LogP contribution in [0.3, 0.4) is 0 Å². The zero-order valence-electron chi connectivity index (χ0n) is 27.3. The number of hydrogen-bond donors (Lipinski definition) is 2. The van der Waals surface area contributed by atoms with Crippen molar-refractivity contribution in [3.63, 3.8) is 0 Å². The molecule has 3 N–H and O–H groups in total. The molecule has 1 heterocycles. The number of benzene rings is 7. The molecule has 8 aromatic rings. The third-order valence-electron chi connectivity index (χ3n) is 9.57. The summed E-state index contributed by atoms with van der Waals surface area (Å²) < 4.78 is 2.44. The number of hydrogen-bond acceptors (Lipinski definition) is 2. The van der Waals surface area contributed by atoms with Crippen molar-refractivity contribution in [2.45, 2.75) is 6.92 Å². The molecule has 0 saturated carbocycles. The van der Waals surface area contributed by atoms with Crippen LogP contribution in [0.15, 0.2) is 164 Å². The van der Waals surface area contributed by atoms with Crippen molar-refractivity contribution >= 4 is 71.5 Å². The van der Waals surface area contributed by atoms with Crippen LogP contribution in [0.2, 0.25) is 0 Å². The number of nitrogens with zero attached hydrogens (tertiary/aromatic N) is 1. The quantitative estimate of drug-likeness (QED) is 0.134. The molecule has 0 radical (unpaired) electrons. The summed E-state index contributed by atoms with van der Waals surface area (Å²) in [6.07, 6.45) is 10.7. The van der Waals surface area contributed by atoms with E-state index >= 15 is 0 Å². The normalized spacial score (nSPS) is 12.6. The van der Waals surface area contributed by atoms with E-state index in [0.717, 1.165) is 44.2 Å². The lowest BCUT2D eigenvalue weighted by Crippen LogP contribution is -1.97. The number of fused-ring (bicyclic) bond motifs is 7. The van der Waals surface area contributed by atoms with Gasteiger partial charge in [-0.05, 0) is 92.2 Å². The Morgan fingerprint density at radius 2 is 1.31 bits per heavy atom. The fourth-order valence-corrected chi connectivity index (χ4v) is 7.24. The summed E-state index contributed by atoms with van der Waals surface area (Å²) in [5.74, 6) is 0. The third-order valence-corrected chi connectivity index (χ3v) is 9.57. The van der Waals surface area contributed by atoms with Crippen molar-refractivity contribution in [2.75, 3.05) is 0 Å². The summed E-state index contributed by atoms with van der Waals surface area (Å²) in [5, 5.41) is 17.3. The van der Waals surface area contributed by atoms with Gasteiger partial charge in [-0.15, -0.1) is 0 Å². The molecule has 0 aliphatic carbocycles. The van der Waals surface area contributed by atoms with Gasteiger partial charge in [0, 0.05) is 34.0 Å². The first-order valence-electron chi connectivity index (χ1n) is 16.5. The molecule has 234 valence electrons. The highest BCUT2D eigenvalue weighted by Crippen LogP contribution is 2.40. The third kappa shape index (κ3) is 5.04. The van der Waals surface area contributed by atoms with E-state index in [2.05, 4.69) is 145 Å². The van der Waals surface area contributed by atoms with E-state index in [0.29, 0.717) is 0 Å². The van der Waals surface area contributed by atoms with Gasteiger partial charge in [-0.3, -0.25) is 0 Å². The fourth-order valence-electron chi connectivity index (χ4n) is 7.24. The Morgan fingerprint density at radius 3 is 2.12 bits per heavy atom. The first kappa shape index (κ1) is 29.9. The van der Waals surface area contributed by atoms with E-state index in [1.54, 1.807) is 12.3 Å². The van der Waals surface area contributed by atoms with Gasteiger partial charge >= 0.3 is 0 Å². The molecule has 8 rings (SSSR count). The topological polar surface area (TPSA) is 54.8 Å². The summed E-state index contributed by atoms with van der Waals surface area (Å²) in [7, 11) is 0. The van der Waals surface area contributed by atoms with Gasteiger partial charge in [0.1, 0.15) is 0 Å². The molecule has 0 spiro atoms. The Labute approximate surface area is 285 Å². The van der Waals surface area contributed by atoms with Crippen molar-refractivity contribution in [1.82, 2.24) is 4.57 Å². The van der Waals surface area contributed by atoms with Crippen LogP contribution in [0.5, 0.6) is 0 Å². The maximum Gasteiger partial charge on any atom is 0.0619 e. The van der Waals surface area contributed by atoms with E-state index in [9.17, 15) is 0 Å². The lowest BCUT2D eigenvalue weighted by molar-refractivity contribution is 1.20. The molecule has 3 nitrogen and oxygen atoms in total. The van der Waals surface area contributed by atoms with E-state index in [1.807, 2.05) is 19.1 Å². The van der Waals surface area contributed by atoms with Gasteiger partial charge in [-0.2, -0.15) is 0 Å². The average molecular weight is 630 g/mol. The Bertz CT molecular complexity index is 2710. The van der Waals surface area contributed by atoms with E-state index < -0.39 is 0 Å². The second-order valence-corrected chi connectivity index (χ2v) is 12.4. The molecule has 49 heavy (non-hydrogen) atoms. The number of allylic oxidation sites excluding steroid dienone is 6. The first-order valence-corrected chi connectivity index (χ1v) is 16.5. The van der Waals surface area contributed by atoms with Gasteiger partial charge in [-0.25, -0.2) is 0 Å². The Balaban J connectivity index is 1.35. The predicted octanol–water partition coefficient (Wildman–Crippen LogP) is 12.0. The SMILES string of the molecule is C=C/C=C(\C=N)c1ccc2cc(-c3ccc4c(ccc5c6ccc(C(/C=C\C)=C/N)cc6n(-c6cccc7ccccc67)c45)c3)ccc2c1. The van der Waals surface area contributed by atoms with E-state index in [1.165, 1.54) is 55.2 Å². The van der Waals surface area contributed by atoms with Gasteiger partial charge in [0.05, 0.1) is 16.7 Å². The van der Waals surface area contributed by atoms with E-state index in [-0.39, 0.29) is 0 Å². The molecule has 0 aliphatic rings. The van der Waals surface area contributed by atoms with Crippen LogP contribution in [0, 0.1) is 5.41 Å². The van der Waals surface area contributed by atoms with Crippen molar-refractivity contribution in [1.29, 1.82) is 5.41 Å². The first-order chi connectivity index (χ1) is 24.1. The minimum atomic E-state index is 0.841. The lowest BCUT2D eigenvalue weighted by atomic mass is 9.96. The molecule has 3 heteroatoms. The number of nitrogens with two attached hydrogens (primary N) is 1. The van der Waals surface area contributed by atoms with Gasteiger partial charge in [0.15, 0.2) is 0 Å². The predicted molar refractivity (Wildman–Crippen MR) is 213 cm³/mol. The summed E-state index contributed by atoms with van der Waals surface area (Å²) in [5.41, 5.74) is 15.9. The molecule has 7 aromatic carbocycles. The molecule has 1 aromatic heterocycles. The smallest absolute Gasteiger partial charge is 0.0619 e. The van der Waals surface area contributed by atoms with Gasteiger partial charge in [0.25, 0.3) is 0 Å². The van der Waals surface area contributed by atoms with Crippen LogP contribution in [0.4, 0.5) is 0 Å².